The van der Waals surface area contributed by atoms with Crippen molar-refractivity contribution < 1.29 is 29.3 Å². The number of carbonyl (C=O) groups is 2. The summed E-state index contributed by atoms with van der Waals surface area (Å²) < 4.78 is 10.3. The lowest BCUT2D eigenvalue weighted by Crippen LogP contribution is -2.64. The highest BCUT2D eigenvalue weighted by atomic mass is 16.5. The van der Waals surface area contributed by atoms with Crippen molar-refractivity contribution in [3.8, 4) is 0 Å². The van der Waals surface area contributed by atoms with E-state index >= 15 is 0 Å². The molecule has 0 amide bonds. The first-order valence-electron chi connectivity index (χ1n) is 7.50. The van der Waals surface area contributed by atoms with Crippen molar-refractivity contribution in [2.75, 3.05) is 6.61 Å². The molecule has 0 aliphatic heterocycles. The Balaban J connectivity index is 2.23. The summed E-state index contributed by atoms with van der Waals surface area (Å²) in [5.74, 6) is -0.842. The molecule has 4 atom stereocenters. The molecule has 6 heteroatoms. The molecule has 6 nitrogen and oxygen atoms in total. The van der Waals surface area contributed by atoms with E-state index in [0.29, 0.717) is 12.8 Å². The number of hydrogen-bond acceptors (Lipinski definition) is 6. The van der Waals surface area contributed by atoms with Crippen molar-refractivity contribution in [2.24, 2.45) is 5.41 Å². The third-order valence-electron chi connectivity index (χ3n) is 4.95. The minimum Gasteiger partial charge on any atom is -0.465 e. The van der Waals surface area contributed by atoms with Gasteiger partial charge < -0.3 is 19.7 Å². The maximum Gasteiger partial charge on any atom is 0.302 e. The highest BCUT2D eigenvalue weighted by Crippen LogP contribution is 2.54. The first kappa shape index (κ1) is 16.2. The van der Waals surface area contributed by atoms with Crippen LogP contribution < -0.4 is 0 Å². The predicted octanol–water partition coefficient (Wildman–Crippen LogP) is 0.927. The molecule has 0 spiro atoms. The summed E-state index contributed by atoms with van der Waals surface area (Å²) in [5.41, 5.74) is -2.02. The maximum absolute atomic E-state index is 11.1. The highest BCUT2D eigenvalue weighted by Gasteiger charge is 2.60. The summed E-state index contributed by atoms with van der Waals surface area (Å²) in [6, 6.07) is 0. The van der Waals surface area contributed by atoms with Crippen molar-refractivity contribution >= 4 is 11.9 Å². The summed E-state index contributed by atoms with van der Waals surface area (Å²) >= 11 is 0. The van der Waals surface area contributed by atoms with Crippen LogP contribution in [0.4, 0.5) is 0 Å². The van der Waals surface area contributed by atoms with E-state index in [4.69, 9.17) is 9.47 Å². The number of rotatable bonds is 3. The number of fused-ring (bicyclic) bond motifs is 1. The highest BCUT2D eigenvalue weighted by molar-refractivity contribution is 5.66. The maximum atomic E-state index is 11.1. The zero-order chi connectivity index (χ0) is 15.7. The molecule has 0 saturated heterocycles. The first-order valence-corrected chi connectivity index (χ1v) is 7.50. The van der Waals surface area contributed by atoms with Crippen LogP contribution in [0.5, 0.6) is 0 Å². The third kappa shape index (κ3) is 3.06. The number of esters is 2. The number of ether oxygens (including phenoxy) is 2. The van der Waals surface area contributed by atoms with Gasteiger partial charge in [0.1, 0.15) is 12.7 Å². The van der Waals surface area contributed by atoms with Crippen molar-refractivity contribution in [3.05, 3.63) is 0 Å². The van der Waals surface area contributed by atoms with Gasteiger partial charge in [-0.3, -0.25) is 9.59 Å². The van der Waals surface area contributed by atoms with E-state index in [2.05, 4.69) is 0 Å². The Bertz CT molecular complexity index is 422. The first-order chi connectivity index (χ1) is 9.79. The van der Waals surface area contributed by atoms with Crippen LogP contribution in [-0.4, -0.2) is 46.6 Å². The Hall–Kier alpha value is -1.14. The van der Waals surface area contributed by atoms with E-state index in [-0.39, 0.29) is 19.4 Å². The lowest BCUT2D eigenvalue weighted by Gasteiger charge is -2.56. The minimum atomic E-state index is -1.17. The number of carbonyl (C=O) groups excluding carboxylic acids is 2. The van der Waals surface area contributed by atoms with Gasteiger partial charge in [-0.2, -0.15) is 0 Å². The molecule has 21 heavy (non-hydrogen) atoms. The Morgan fingerprint density at radius 1 is 1.19 bits per heavy atom. The fourth-order valence-electron chi connectivity index (χ4n) is 3.91. The quantitative estimate of drug-likeness (QED) is 0.753. The molecule has 2 fully saturated rings. The van der Waals surface area contributed by atoms with Gasteiger partial charge in [0.05, 0.1) is 17.1 Å². The molecule has 2 saturated carbocycles. The molecule has 0 radical (unpaired) electrons. The zero-order valence-electron chi connectivity index (χ0n) is 12.6. The van der Waals surface area contributed by atoms with E-state index < -0.39 is 35.2 Å². The normalized spacial score (nSPS) is 39.2. The molecule has 0 heterocycles. The molecule has 120 valence electrons. The van der Waals surface area contributed by atoms with Crippen LogP contribution in [0.3, 0.4) is 0 Å². The van der Waals surface area contributed by atoms with Gasteiger partial charge in [0.25, 0.3) is 0 Å². The minimum absolute atomic E-state index is 0.00674. The molecule has 2 rings (SSSR count). The van der Waals surface area contributed by atoms with Crippen molar-refractivity contribution in [3.63, 3.8) is 0 Å². The van der Waals surface area contributed by atoms with Crippen molar-refractivity contribution in [1.82, 2.24) is 0 Å². The standard InChI is InChI=1S/C15H24O6/c1-10(16)20-9-14-5-3-4-6-15(14,19)8-12(7-13(14)18)21-11(2)17/h12-13,18-19H,3-9H2,1-2H3/t12-,13+,14+,15-/m0/s1. The molecule has 2 aliphatic rings. The molecule has 0 bridgehead atoms. The number of hydrogen-bond donors (Lipinski definition) is 2. The van der Waals surface area contributed by atoms with E-state index in [9.17, 15) is 19.8 Å². The summed E-state index contributed by atoms with van der Waals surface area (Å²) in [6.07, 6.45) is 2.03. The van der Waals surface area contributed by atoms with Crippen LogP contribution in [0.2, 0.25) is 0 Å². The summed E-state index contributed by atoms with van der Waals surface area (Å²) in [5, 5.41) is 21.6. The fourth-order valence-corrected chi connectivity index (χ4v) is 3.91. The molecular weight excluding hydrogens is 276 g/mol. The molecule has 2 aliphatic carbocycles. The molecule has 0 aromatic carbocycles. The largest absolute Gasteiger partial charge is 0.465 e. The van der Waals surface area contributed by atoms with Gasteiger partial charge in [-0.25, -0.2) is 0 Å². The second kappa shape index (κ2) is 5.93. The Labute approximate surface area is 124 Å². The molecule has 0 aromatic heterocycles. The SMILES string of the molecule is CC(=O)OC[C@@]12CCCC[C@]1(O)C[C@@H](OC(C)=O)C[C@H]2O. The van der Waals surface area contributed by atoms with Gasteiger partial charge in [0.15, 0.2) is 0 Å². The van der Waals surface area contributed by atoms with Gasteiger partial charge >= 0.3 is 11.9 Å². The smallest absolute Gasteiger partial charge is 0.302 e. The fraction of sp³-hybridized carbons (Fsp3) is 0.867. The second-order valence-electron chi connectivity index (χ2n) is 6.36. The molecule has 0 aromatic rings. The lowest BCUT2D eigenvalue weighted by atomic mass is 9.55. The van der Waals surface area contributed by atoms with Crippen LogP contribution in [0.15, 0.2) is 0 Å². The second-order valence-corrected chi connectivity index (χ2v) is 6.36. The zero-order valence-corrected chi connectivity index (χ0v) is 12.6. The van der Waals surface area contributed by atoms with Crippen LogP contribution in [0, 0.1) is 5.41 Å². The molecule has 2 N–H and O–H groups in total. The van der Waals surface area contributed by atoms with Crippen LogP contribution >= 0.6 is 0 Å². The topological polar surface area (TPSA) is 93.1 Å². The van der Waals surface area contributed by atoms with Gasteiger partial charge in [-0.15, -0.1) is 0 Å². The predicted molar refractivity (Wildman–Crippen MR) is 73.3 cm³/mol. The van der Waals surface area contributed by atoms with Gasteiger partial charge in [0.2, 0.25) is 0 Å². The average molecular weight is 300 g/mol. The van der Waals surface area contributed by atoms with Gasteiger partial charge in [-0.05, 0) is 12.8 Å². The average Bonchev–Trinajstić information content (AvgIpc) is 2.35. The van der Waals surface area contributed by atoms with Crippen molar-refractivity contribution in [2.45, 2.75) is 70.2 Å². The summed E-state index contributed by atoms with van der Waals surface area (Å²) in [6.45, 7) is 2.64. The monoisotopic (exact) mass is 300 g/mol. The van der Waals surface area contributed by atoms with Gasteiger partial charge in [-0.1, -0.05) is 12.8 Å². The summed E-state index contributed by atoms with van der Waals surface area (Å²) in [7, 11) is 0. The number of aliphatic hydroxyl groups excluding tert-OH is 1. The van der Waals surface area contributed by atoms with E-state index in [1.54, 1.807) is 0 Å². The van der Waals surface area contributed by atoms with Gasteiger partial charge in [0, 0.05) is 26.7 Å². The van der Waals surface area contributed by atoms with E-state index in [0.717, 1.165) is 12.8 Å². The number of aliphatic hydroxyl groups is 2. The van der Waals surface area contributed by atoms with Crippen molar-refractivity contribution in [1.29, 1.82) is 0 Å². The Kier molecular flexibility index (Phi) is 4.58. The lowest BCUT2D eigenvalue weighted by molar-refractivity contribution is -0.237. The summed E-state index contributed by atoms with van der Waals surface area (Å²) in [4.78, 5) is 22.2. The van der Waals surface area contributed by atoms with E-state index in [1.807, 2.05) is 0 Å². The van der Waals surface area contributed by atoms with Crippen LogP contribution in [-0.2, 0) is 19.1 Å². The van der Waals surface area contributed by atoms with Crippen LogP contribution in [0.1, 0.15) is 52.4 Å². The molecular formula is C15H24O6. The third-order valence-corrected chi connectivity index (χ3v) is 4.95. The Morgan fingerprint density at radius 3 is 2.48 bits per heavy atom. The van der Waals surface area contributed by atoms with E-state index in [1.165, 1.54) is 13.8 Å². The van der Waals surface area contributed by atoms with Crippen LogP contribution in [0.25, 0.3) is 0 Å². The molecule has 0 unspecified atom stereocenters. The Morgan fingerprint density at radius 2 is 1.86 bits per heavy atom.